The number of H-pyrrole nitrogens is 1. The molecule has 1 aliphatic heterocycles. The summed E-state index contributed by atoms with van der Waals surface area (Å²) in [5.74, 6) is -3.87. The number of non-ortho nitro benzene ring substituents is 1. The summed E-state index contributed by atoms with van der Waals surface area (Å²) in [7, 11) is 1.50. The van der Waals surface area contributed by atoms with Gasteiger partial charge in [-0.3, -0.25) is 19.7 Å². The molecule has 0 radical (unpaired) electrons. The number of nitro groups is 1. The first kappa shape index (κ1) is 27.4. The molecule has 4 aromatic rings. The van der Waals surface area contributed by atoms with Crippen LogP contribution in [-0.4, -0.2) is 34.7 Å². The zero-order chi connectivity index (χ0) is 28.6. The Bertz CT molecular complexity index is 1590. The number of fused-ring (bicyclic) bond motifs is 1. The van der Waals surface area contributed by atoms with Crippen molar-refractivity contribution in [3.05, 3.63) is 97.2 Å². The number of hydrogen-bond acceptors (Lipinski definition) is 8. The second-order valence-corrected chi connectivity index (χ2v) is 10.9. The Morgan fingerprint density at radius 3 is 2.40 bits per heavy atom. The largest absolute Gasteiger partial charge is 0.493 e. The number of carbonyl (C=O) groups is 2. The zero-order valence-corrected chi connectivity index (χ0v) is 24.0. The summed E-state index contributed by atoms with van der Waals surface area (Å²) in [4.78, 5) is 40.2. The maximum absolute atomic E-state index is 13.3. The molecule has 2 heterocycles. The van der Waals surface area contributed by atoms with Gasteiger partial charge in [0.05, 0.1) is 15.6 Å². The number of esters is 2. The molecule has 0 saturated carbocycles. The van der Waals surface area contributed by atoms with Crippen LogP contribution in [0.5, 0.6) is 11.5 Å². The number of para-hydroxylation sites is 1. The molecule has 1 N–H and O–H groups in total. The zero-order valence-electron chi connectivity index (χ0n) is 21.8. The molecule has 11 heteroatoms. The van der Waals surface area contributed by atoms with Crippen LogP contribution in [0.25, 0.3) is 10.9 Å². The first-order chi connectivity index (χ1) is 19.1. The summed E-state index contributed by atoms with van der Waals surface area (Å²) in [6.45, 7) is 3.18. The highest BCUT2D eigenvalue weighted by molar-refractivity contribution is 14.1. The van der Waals surface area contributed by atoms with Crippen molar-refractivity contribution in [2.75, 3.05) is 7.11 Å². The molecule has 1 fully saturated rings. The van der Waals surface area contributed by atoms with Gasteiger partial charge < -0.3 is 23.9 Å². The van der Waals surface area contributed by atoms with E-state index in [1.165, 1.54) is 33.1 Å². The molecule has 0 amide bonds. The van der Waals surface area contributed by atoms with Crippen LogP contribution in [0.3, 0.4) is 0 Å². The minimum absolute atomic E-state index is 0.00765. The Labute approximate surface area is 242 Å². The van der Waals surface area contributed by atoms with Crippen LogP contribution in [0, 0.1) is 19.6 Å². The normalized spacial score (nSPS) is 15.8. The summed E-state index contributed by atoms with van der Waals surface area (Å²) >= 11 is 2.11. The number of halogens is 1. The SMILES string of the molecule is COc1cc([C@H](c2c[nH]c3ccccc23)C2C(=O)OC(C)(C)OC2=O)cc(I)c1OCc1ccc([N+](=O)[O-])cc1. The Balaban J connectivity index is 1.55. The van der Waals surface area contributed by atoms with E-state index in [0.717, 1.165) is 22.0 Å². The third-order valence-corrected chi connectivity index (χ3v) is 7.43. The van der Waals surface area contributed by atoms with Gasteiger partial charge in [-0.15, -0.1) is 0 Å². The molecule has 0 aliphatic carbocycles. The minimum Gasteiger partial charge on any atom is -0.493 e. The van der Waals surface area contributed by atoms with Crippen LogP contribution >= 0.6 is 22.6 Å². The number of cyclic esters (lactones) is 2. The first-order valence-corrected chi connectivity index (χ1v) is 13.4. The van der Waals surface area contributed by atoms with E-state index in [2.05, 4.69) is 27.6 Å². The fourth-order valence-electron chi connectivity index (χ4n) is 4.83. The van der Waals surface area contributed by atoms with E-state index in [-0.39, 0.29) is 12.3 Å². The molecular formula is C29H25IN2O8. The number of methoxy groups -OCH3 is 1. The number of ether oxygens (including phenoxy) is 4. The highest BCUT2D eigenvalue weighted by Gasteiger charge is 2.49. The van der Waals surface area contributed by atoms with Gasteiger partial charge in [0.2, 0.25) is 0 Å². The lowest BCUT2D eigenvalue weighted by Crippen LogP contribution is -2.48. The van der Waals surface area contributed by atoms with E-state index in [4.69, 9.17) is 18.9 Å². The van der Waals surface area contributed by atoms with Crippen LogP contribution in [0.15, 0.2) is 66.9 Å². The van der Waals surface area contributed by atoms with E-state index in [1.807, 2.05) is 30.3 Å². The lowest BCUT2D eigenvalue weighted by molar-refractivity contribution is -0.384. The van der Waals surface area contributed by atoms with Gasteiger partial charge in [-0.2, -0.15) is 0 Å². The fraction of sp³-hybridized carbons (Fsp3) is 0.241. The number of rotatable bonds is 8. The van der Waals surface area contributed by atoms with Crippen LogP contribution in [0.1, 0.15) is 36.5 Å². The van der Waals surface area contributed by atoms with E-state index < -0.39 is 34.5 Å². The summed E-state index contributed by atoms with van der Waals surface area (Å²) in [6.07, 6.45) is 1.79. The summed E-state index contributed by atoms with van der Waals surface area (Å²) in [6, 6.07) is 17.3. The molecule has 40 heavy (non-hydrogen) atoms. The molecule has 1 aliphatic rings. The predicted octanol–water partition coefficient (Wildman–Crippen LogP) is 5.85. The first-order valence-electron chi connectivity index (χ1n) is 12.3. The third-order valence-electron chi connectivity index (χ3n) is 6.63. The number of aromatic amines is 1. The molecule has 0 bridgehead atoms. The van der Waals surface area contributed by atoms with Gasteiger partial charge in [-0.05, 0) is 69.6 Å². The van der Waals surface area contributed by atoms with Crippen molar-refractivity contribution in [1.82, 2.24) is 4.98 Å². The number of hydrogen-bond donors (Lipinski definition) is 1. The van der Waals surface area contributed by atoms with Crippen molar-refractivity contribution < 1.29 is 33.5 Å². The number of nitro benzene ring substituents is 1. The second kappa shape index (κ2) is 10.8. The molecule has 206 valence electrons. The molecule has 5 rings (SSSR count). The Hall–Kier alpha value is -4.13. The summed E-state index contributed by atoms with van der Waals surface area (Å²) in [5.41, 5.74) is 2.94. The average molecular weight is 656 g/mol. The quantitative estimate of drug-likeness (QED) is 0.0822. The predicted molar refractivity (Wildman–Crippen MR) is 153 cm³/mol. The van der Waals surface area contributed by atoms with Gasteiger partial charge in [0.15, 0.2) is 17.4 Å². The topological polar surface area (TPSA) is 130 Å². The Morgan fingerprint density at radius 1 is 1.07 bits per heavy atom. The van der Waals surface area contributed by atoms with Crippen molar-refractivity contribution in [1.29, 1.82) is 0 Å². The van der Waals surface area contributed by atoms with Crippen molar-refractivity contribution in [2.45, 2.75) is 32.2 Å². The third kappa shape index (κ3) is 5.33. The van der Waals surface area contributed by atoms with Crippen molar-refractivity contribution in [3.63, 3.8) is 0 Å². The molecule has 1 aromatic heterocycles. The number of carbonyl (C=O) groups excluding carboxylic acids is 2. The molecule has 0 spiro atoms. The molecule has 0 unspecified atom stereocenters. The maximum atomic E-state index is 13.3. The van der Waals surface area contributed by atoms with Gasteiger partial charge in [0, 0.05) is 49.0 Å². The lowest BCUT2D eigenvalue weighted by Gasteiger charge is -2.36. The van der Waals surface area contributed by atoms with Gasteiger partial charge in [0.1, 0.15) is 6.61 Å². The smallest absolute Gasteiger partial charge is 0.324 e. The van der Waals surface area contributed by atoms with E-state index >= 15 is 0 Å². The van der Waals surface area contributed by atoms with E-state index in [1.54, 1.807) is 24.4 Å². The van der Waals surface area contributed by atoms with Crippen LogP contribution < -0.4 is 9.47 Å². The number of nitrogens with one attached hydrogen (secondary N) is 1. The second-order valence-electron chi connectivity index (χ2n) is 9.73. The highest BCUT2D eigenvalue weighted by Crippen LogP contribution is 2.44. The number of benzene rings is 3. The van der Waals surface area contributed by atoms with Gasteiger partial charge in [-0.1, -0.05) is 18.2 Å². The summed E-state index contributed by atoms with van der Waals surface area (Å²) in [5, 5.41) is 11.8. The molecule has 1 atom stereocenters. The van der Waals surface area contributed by atoms with Crippen molar-refractivity contribution >= 4 is 51.1 Å². The van der Waals surface area contributed by atoms with Crippen molar-refractivity contribution in [3.8, 4) is 11.5 Å². The molecular weight excluding hydrogens is 631 g/mol. The van der Waals surface area contributed by atoms with Gasteiger partial charge in [-0.25, -0.2) is 0 Å². The Morgan fingerprint density at radius 2 is 1.75 bits per heavy atom. The van der Waals surface area contributed by atoms with Crippen LogP contribution in [-0.2, 0) is 25.7 Å². The van der Waals surface area contributed by atoms with E-state index in [9.17, 15) is 19.7 Å². The van der Waals surface area contributed by atoms with Crippen LogP contribution in [0.4, 0.5) is 5.69 Å². The fourth-order valence-corrected chi connectivity index (χ4v) is 5.61. The van der Waals surface area contributed by atoms with Gasteiger partial charge in [0.25, 0.3) is 11.5 Å². The van der Waals surface area contributed by atoms with Crippen molar-refractivity contribution in [2.24, 2.45) is 5.92 Å². The average Bonchev–Trinajstić information content (AvgIpc) is 3.33. The Kier molecular flexibility index (Phi) is 7.41. The number of aromatic nitrogens is 1. The van der Waals surface area contributed by atoms with Crippen LogP contribution in [0.2, 0.25) is 0 Å². The maximum Gasteiger partial charge on any atom is 0.324 e. The molecule has 10 nitrogen and oxygen atoms in total. The standard InChI is InChI=1S/C29H25IN2O8/c1-29(2)39-27(33)25(28(34)40-29)24(20-14-31-22-7-5-4-6-19(20)22)17-12-21(30)26(23(13-17)37-3)38-15-16-8-10-18(11-9-16)32(35)36/h4-14,24-25,31H,15H2,1-3H3/t24-/m1/s1. The minimum atomic E-state index is -1.36. The molecule has 3 aromatic carbocycles. The lowest BCUT2D eigenvalue weighted by atomic mass is 9.80. The van der Waals surface area contributed by atoms with E-state index in [0.29, 0.717) is 20.6 Å². The monoisotopic (exact) mass is 656 g/mol. The highest BCUT2D eigenvalue weighted by atomic mass is 127. The summed E-state index contributed by atoms with van der Waals surface area (Å²) < 4.78 is 23.4. The molecule has 1 saturated heterocycles. The van der Waals surface area contributed by atoms with Gasteiger partial charge >= 0.3 is 11.9 Å². The number of nitrogens with zero attached hydrogens (tertiary/aromatic N) is 1.